The fourth-order valence-corrected chi connectivity index (χ4v) is 3.31. The lowest BCUT2D eigenvalue weighted by Crippen LogP contribution is -2.49. The Kier molecular flexibility index (Phi) is 6.34. The Balaban J connectivity index is 1.74. The molecule has 28 heavy (non-hydrogen) atoms. The van der Waals surface area contributed by atoms with Gasteiger partial charge in [-0.3, -0.25) is 0 Å². The third-order valence-electron chi connectivity index (χ3n) is 4.78. The molecule has 0 bridgehead atoms. The van der Waals surface area contributed by atoms with E-state index in [-0.39, 0.29) is 6.09 Å². The number of anilines is 3. The normalized spacial score (nSPS) is 14.3. The zero-order valence-corrected chi connectivity index (χ0v) is 17.1. The van der Waals surface area contributed by atoms with Crippen molar-refractivity contribution in [3.05, 3.63) is 41.6 Å². The predicted molar refractivity (Wildman–Crippen MR) is 111 cm³/mol. The van der Waals surface area contributed by atoms with E-state index in [1.54, 1.807) is 4.90 Å². The molecule has 7 heteroatoms. The number of para-hydroxylation sites is 1. The van der Waals surface area contributed by atoms with Gasteiger partial charge in [0.25, 0.3) is 0 Å². The maximum Gasteiger partial charge on any atom is 0.409 e. The minimum atomic E-state index is -0.250. The molecule has 0 aliphatic carbocycles. The largest absolute Gasteiger partial charge is 0.450 e. The van der Waals surface area contributed by atoms with Crippen LogP contribution in [-0.4, -0.2) is 53.7 Å². The van der Waals surface area contributed by atoms with Gasteiger partial charge in [0.05, 0.1) is 6.61 Å². The van der Waals surface area contributed by atoms with Gasteiger partial charge in [-0.1, -0.05) is 32.0 Å². The summed E-state index contributed by atoms with van der Waals surface area (Å²) in [5.74, 6) is 1.89. The van der Waals surface area contributed by atoms with Crippen molar-refractivity contribution in [2.45, 2.75) is 33.6 Å². The van der Waals surface area contributed by atoms with Crippen LogP contribution in [0.2, 0.25) is 0 Å². The highest BCUT2D eigenvalue weighted by molar-refractivity contribution is 5.68. The van der Waals surface area contributed by atoms with Gasteiger partial charge in [-0.05, 0) is 31.4 Å². The Labute approximate surface area is 166 Å². The van der Waals surface area contributed by atoms with Crippen LogP contribution in [-0.2, 0) is 4.74 Å². The summed E-state index contributed by atoms with van der Waals surface area (Å²) in [5.41, 5.74) is 3.22. The third kappa shape index (κ3) is 4.71. The van der Waals surface area contributed by atoms with Crippen molar-refractivity contribution < 1.29 is 9.53 Å². The Morgan fingerprint density at radius 3 is 2.57 bits per heavy atom. The molecular weight excluding hydrogens is 354 g/mol. The number of piperazine rings is 1. The average Bonchev–Trinajstić information content (AvgIpc) is 2.68. The molecule has 0 unspecified atom stereocenters. The van der Waals surface area contributed by atoms with E-state index in [1.807, 2.05) is 26.0 Å². The van der Waals surface area contributed by atoms with E-state index in [2.05, 4.69) is 47.2 Å². The Hall–Kier alpha value is -2.83. The first-order chi connectivity index (χ1) is 13.5. The summed E-state index contributed by atoms with van der Waals surface area (Å²) in [6.45, 7) is 11.1. The molecule has 2 heterocycles. The minimum absolute atomic E-state index is 0.250. The lowest BCUT2D eigenvalue weighted by atomic mass is 10.0. The number of aromatic nitrogens is 2. The minimum Gasteiger partial charge on any atom is -0.450 e. The summed E-state index contributed by atoms with van der Waals surface area (Å²) >= 11 is 0. The maximum atomic E-state index is 11.9. The summed E-state index contributed by atoms with van der Waals surface area (Å²) < 4.78 is 5.08. The molecular formula is C21H29N5O2. The van der Waals surface area contributed by atoms with Gasteiger partial charge in [-0.15, -0.1) is 0 Å². The van der Waals surface area contributed by atoms with Gasteiger partial charge in [0.1, 0.15) is 5.82 Å². The summed E-state index contributed by atoms with van der Waals surface area (Å²) in [7, 11) is 0. The highest BCUT2D eigenvalue weighted by Gasteiger charge is 2.23. The number of aryl methyl sites for hydroxylation is 1. The maximum absolute atomic E-state index is 11.9. The number of carbonyl (C=O) groups is 1. The number of ether oxygens (including phenoxy) is 1. The van der Waals surface area contributed by atoms with Gasteiger partial charge in [0, 0.05) is 43.6 Å². The summed E-state index contributed by atoms with van der Waals surface area (Å²) in [6, 6.07) is 10.2. The Morgan fingerprint density at radius 2 is 1.89 bits per heavy atom. The monoisotopic (exact) mass is 383 g/mol. The van der Waals surface area contributed by atoms with E-state index in [4.69, 9.17) is 9.72 Å². The quantitative estimate of drug-likeness (QED) is 0.844. The zero-order valence-electron chi connectivity index (χ0n) is 17.1. The van der Waals surface area contributed by atoms with Crippen molar-refractivity contribution in [1.29, 1.82) is 0 Å². The van der Waals surface area contributed by atoms with Crippen molar-refractivity contribution in [2.24, 2.45) is 0 Å². The number of carbonyl (C=O) groups excluding carboxylic acids is 1. The SMILES string of the molecule is CCOC(=O)N1CCN(c2nc(C)cc(Nc3ccccc3C(C)C)n2)CC1. The first kappa shape index (κ1) is 19.9. The second-order valence-corrected chi connectivity index (χ2v) is 7.23. The first-order valence-corrected chi connectivity index (χ1v) is 9.86. The zero-order chi connectivity index (χ0) is 20.1. The number of hydrogen-bond acceptors (Lipinski definition) is 6. The van der Waals surface area contributed by atoms with Gasteiger partial charge in [-0.2, -0.15) is 4.98 Å². The van der Waals surface area contributed by atoms with Gasteiger partial charge < -0.3 is 19.9 Å². The standard InChI is InChI=1S/C21H29N5O2/c1-5-28-21(27)26-12-10-25(11-13-26)20-22-16(4)14-19(24-20)23-18-9-7-6-8-17(18)15(2)3/h6-9,14-15H,5,10-13H2,1-4H3,(H,22,23,24). The molecule has 1 aliphatic rings. The van der Waals surface area contributed by atoms with E-state index in [9.17, 15) is 4.79 Å². The third-order valence-corrected chi connectivity index (χ3v) is 4.78. The smallest absolute Gasteiger partial charge is 0.409 e. The topological polar surface area (TPSA) is 70.6 Å². The number of nitrogens with zero attached hydrogens (tertiary/aromatic N) is 4. The molecule has 3 rings (SSSR count). The number of hydrogen-bond donors (Lipinski definition) is 1. The summed E-state index contributed by atoms with van der Waals surface area (Å²) in [4.78, 5) is 25.1. The molecule has 7 nitrogen and oxygen atoms in total. The second-order valence-electron chi connectivity index (χ2n) is 7.23. The Morgan fingerprint density at radius 1 is 1.18 bits per heavy atom. The van der Waals surface area contributed by atoms with E-state index >= 15 is 0 Å². The van der Waals surface area contributed by atoms with Crippen LogP contribution in [0.25, 0.3) is 0 Å². The lowest BCUT2D eigenvalue weighted by molar-refractivity contribution is 0.105. The van der Waals surface area contributed by atoms with E-state index in [0.717, 1.165) is 17.2 Å². The number of amides is 1. The van der Waals surface area contributed by atoms with Gasteiger partial charge >= 0.3 is 6.09 Å². The fourth-order valence-electron chi connectivity index (χ4n) is 3.31. The summed E-state index contributed by atoms with van der Waals surface area (Å²) in [6.07, 6.45) is -0.250. The lowest BCUT2D eigenvalue weighted by Gasteiger charge is -2.34. The van der Waals surface area contributed by atoms with Crippen LogP contribution in [0, 0.1) is 6.92 Å². The molecule has 1 fully saturated rings. The van der Waals surface area contributed by atoms with Gasteiger partial charge in [-0.25, -0.2) is 9.78 Å². The van der Waals surface area contributed by atoms with Gasteiger partial charge in [0.15, 0.2) is 0 Å². The molecule has 1 aliphatic heterocycles. The van der Waals surface area contributed by atoms with Crippen LogP contribution in [0.1, 0.15) is 37.9 Å². The molecule has 1 aromatic carbocycles. The highest BCUT2D eigenvalue weighted by atomic mass is 16.6. The van der Waals surface area contributed by atoms with Crippen molar-refractivity contribution in [3.8, 4) is 0 Å². The van der Waals surface area contributed by atoms with Crippen molar-refractivity contribution in [1.82, 2.24) is 14.9 Å². The molecule has 0 radical (unpaired) electrons. The molecule has 1 aromatic heterocycles. The molecule has 150 valence electrons. The molecule has 0 atom stereocenters. The molecule has 0 spiro atoms. The molecule has 0 saturated carbocycles. The second kappa shape index (κ2) is 8.91. The average molecular weight is 383 g/mol. The molecule has 1 amide bonds. The fraction of sp³-hybridized carbons (Fsp3) is 0.476. The van der Waals surface area contributed by atoms with Crippen LogP contribution in [0.15, 0.2) is 30.3 Å². The number of benzene rings is 1. The number of nitrogens with one attached hydrogen (secondary N) is 1. The molecule has 1 N–H and O–H groups in total. The molecule has 1 saturated heterocycles. The van der Waals surface area contributed by atoms with Crippen LogP contribution in [0.4, 0.5) is 22.2 Å². The predicted octanol–water partition coefficient (Wildman–Crippen LogP) is 3.93. The first-order valence-electron chi connectivity index (χ1n) is 9.86. The van der Waals surface area contributed by atoms with Crippen molar-refractivity contribution >= 4 is 23.5 Å². The van der Waals surface area contributed by atoms with Crippen LogP contribution >= 0.6 is 0 Å². The number of rotatable bonds is 5. The van der Waals surface area contributed by atoms with Crippen LogP contribution in [0.5, 0.6) is 0 Å². The van der Waals surface area contributed by atoms with Crippen LogP contribution in [0.3, 0.4) is 0 Å². The van der Waals surface area contributed by atoms with Crippen molar-refractivity contribution in [3.63, 3.8) is 0 Å². The van der Waals surface area contributed by atoms with E-state index in [1.165, 1.54) is 5.56 Å². The Bertz CT molecular complexity index is 816. The molecule has 2 aromatic rings. The van der Waals surface area contributed by atoms with E-state index in [0.29, 0.717) is 44.7 Å². The highest BCUT2D eigenvalue weighted by Crippen LogP contribution is 2.27. The van der Waals surface area contributed by atoms with Gasteiger partial charge in [0.2, 0.25) is 5.95 Å². The van der Waals surface area contributed by atoms with Crippen molar-refractivity contribution in [2.75, 3.05) is 43.0 Å². The van der Waals surface area contributed by atoms with E-state index < -0.39 is 0 Å². The summed E-state index contributed by atoms with van der Waals surface area (Å²) in [5, 5.41) is 3.46. The van der Waals surface area contributed by atoms with Crippen LogP contribution < -0.4 is 10.2 Å².